The van der Waals surface area contributed by atoms with E-state index in [0.29, 0.717) is 18.8 Å². The van der Waals surface area contributed by atoms with Gasteiger partial charge in [-0.05, 0) is 26.0 Å². The topological polar surface area (TPSA) is 102 Å². The Morgan fingerprint density at radius 2 is 2.21 bits per heavy atom. The van der Waals surface area contributed by atoms with E-state index < -0.39 is 11.7 Å². The molecule has 2 N–H and O–H groups in total. The lowest BCUT2D eigenvalue weighted by atomic mass is 10.1. The van der Waals surface area contributed by atoms with E-state index in [2.05, 4.69) is 20.7 Å². The Hall–Kier alpha value is -1.70. The third-order valence-electron chi connectivity index (χ3n) is 2.21. The van der Waals surface area contributed by atoms with Crippen LogP contribution < -0.4 is 5.32 Å². The number of carbonyl (C=O) groups is 1. The smallest absolute Gasteiger partial charge is 0.407 e. The van der Waals surface area contributed by atoms with Crippen LogP contribution in [0, 0.1) is 5.92 Å². The fourth-order valence-electron chi connectivity index (χ4n) is 1.41. The molecular formula is C11H21N5O3. The first-order valence-electron chi connectivity index (χ1n) is 6.10. The van der Waals surface area contributed by atoms with Crippen LogP contribution in [0.3, 0.4) is 0 Å². The zero-order chi connectivity index (χ0) is 14.5. The minimum atomic E-state index is -0.536. The zero-order valence-electron chi connectivity index (χ0n) is 11.8. The molecule has 0 aliphatic heterocycles. The highest BCUT2D eigenvalue weighted by Gasteiger charge is 2.18. The number of aryl methyl sites for hydroxylation is 1. The molecule has 1 amide bonds. The number of rotatable bonds is 5. The molecule has 0 radical (unpaired) electrons. The van der Waals surface area contributed by atoms with Crippen molar-refractivity contribution in [3.8, 4) is 0 Å². The molecule has 1 heterocycles. The van der Waals surface area contributed by atoms with Crippen LogP contribution in [-0.2, 0) is 18.2 Å². The van der Waals surface area contributed by atoms with Gasteiger partial charge in [-0.2, -0.15) is 4.80 Å². The fourth-order valence-corrected chi connectivity index (χ4v) is 1.41. The van der Waals surface area contributed by atoms with E-state index in [4.69, 9.17) is 4.74 Å². The summed E-state index contributed by atoms with van der Waals surface area (Å²) in [5.74, 6) is 0.365. The molecule has 1 rings (SSSR count). The highest BCUT2D eigenvalue weighted by Crippen LogP contribution is 2.07. The van der Waals surface area contributed by atoms with Crippen molar-refractivity contribution in [2.24, 2.45) is 13.0 Å². The Morgan fingerprint density at radius 3 is 2.68 bits per heavy atom. The third-order valence-corrected chi connectivity index (χ3v) is 2.21. The van der Waals surface area contributed by atoms with Gasteiger partial charge in [-0.1, -0.05) is 0 Å². The fraction of sp³-hybridized carbons (Fsp3) is 0.818. The van der Waals surface area contributed by atoms with Gasteiger partial charge in [0.1, 0.15) is 5.60 Å². The maximum atomic E-state index is 11.5. The van der Waals surface area contributed by atoms with Crippen molar-refractivity contribution < 1.29 is 14.6 Å². The van der Waals surface area contributed by atoms with Crippen LogP contribution in [0.25, 0.3) is 0 Å². The average Bonchev–Trinajstić information content (AvgIpc) is 2.67. The summed E-state index contributed by atoms with van der Waals surface area (Å²) < 4.78 is 5.11. The Morgan fingerprint density at radius 1 is 1.53 bits per heavy atom. The van der Waals surface area contributed by atoms with Gasteiger partial charge in [0, 0.05) is 25.5 Å². The summed E-state index contributed by atoms with van der Waals surface area (Å²) in [7, 11) is 1.67. The molecule has 1 unspecified atom stereocenters. The average molecular weight is 271 g/mol. The van der Waals surface area contributed by atoms with E-state index in [9.17, 15) is 9.90 Å². The maximum Gasteiger partial charge on any atom is 0.407 e. The number of aliphatic hydroxyl groups is 1. The summed E-state index contributed by atoms with van der Waals surface area (Å²) in [6.07, 6.45) is -0.0572. The lowest BCUT2D eigenvalue weighted by molar-refractivity contribution is 0.0512. The molecule has 0 aromatic carbocycles. The van der Waals surface area contributed by atoms with Gasteiger partial charge in [0.05, 0.1) is 7.05 Å². The van der Waals surface area contributed by atoms with E-state index in [-0.39, 0.29) is 12.5 Å². The van der Waals surface area contributed by atoms with Gasteiger partial charge < -0.3 is 15.2 Å². The summed E-state index contributed by atoms with van der Waals surface area (Å²) in [6.45, 7) is 5.59. The van der Waals surface area contributed by atoms with E-state index in [1.165, 1.54) is 4.80 Å². The summed E-state index contributed by atoms with van der Waals surface area (Å²) in [5.41, 5.74) is -0.536. The van der Waals surface area contributed by atoms with E-state index in [0.717, 1.165) is 0 Å². The number of nitrogens with zero attached hydrogens (tertiary/aromatic N) is 4. The normalized spacial score (nSPS) is 13.1. The zero-order valence-corrected chi connectivity index (χ0v) is 11.8. The highest BCUT2D eigenvalue weighted by atomic mass is 16.6. The number of ether oxygens (including phenoxy) is 1. The second-order valence-electron chi connectivity index (χ2n) is 5.33. The Balaban J connectivity index is 2.38. The quantitative estimate of drug-likeness (QED) is 0.774. The first kappa shape index (κ1) is 15.4. The Bertz CT molecular complexity index is 413. The number of aliphatic hydroxyl groups excluding tert-OH is 1. The summed E-state index contributed by atoms with van der Waals surface area (Å²) in [4.78, 5) is 12.8. The van der Waals surface area contributed by atoms with E-state index in [1.54, 1.807) is 27.8 Å². The molecule has 0 spiro atoms. The van der Waals surface area contributed by atoms with Gasteiger partial charge in [-0.15, -0.1) is 10.2 Å². The SMILES string of the molecule is Cn1nnc(CC(CO)CNC(=O)OC(C)(C)C)n1. The molecule has 1 aromatic rings. The number of carbonyl (C=O) groups excluding carboxylic acids is 1. The van der Waals surface area contributed by atoms with Crippen molar-refractivity contribution in [1.82, 2.24) is 25.5 Å². The van der Waals surface area contributed by atoms with Gasteiger partial charge in [-0.3, -0.25) is 0 Å². The number of aromatic nitrogens is 4. The van der Waals surface area contributed by atoms with E-state index in [1.807, 2.05) is 0 Å². The number of alkyl carbamates (subject to hydrolysis) is 1. The molecule has 0 aliphatic rings. The van der Waals surface area contributed by atoms with Gasteiger partial charge in [-0.25, -0.2) is 4.79 Å². The molecule has 8 heteroatoms. The van der Waals surface area contributed by atoms with Crippen LogP contribution in [0.4, 0.5) is 4.79 Å². The number of nitrogens with one attached hydrogen (secondary N) is 1. The molecule has 0 aliphatic carbocycles. The number of hydrogen-bond acceptors (Lipinski definition) is 6. The van der Waals surface area contributed by atoms with Crippen LogP contribution >= 0.6 is 0 Å². The van der Waals surface area contributed by atoms with E-state index >= 15 is 0 Å². The summed E-state index contributed by atoms with van der Waals surface area (Å²) >= 11 is 0. The second-order valence-corrected chi connectivity index (χ2v) is 5.33. The van der Waals surface area contributed by atoms with Crippen LogP contribution in [0.2, 0.25) is 0 Å². The highest BCUT2D eigenvalue weighted by molar-refractivity contribution is 5.67. The minimum Gasteiger partial charge on any atom is -0.444 e. The molecule has 108 valence electrons. The van der Waals surface area contributed by atoms with Gasteiger partial charge in [0.25, 0.3) is 0 Å². The first-order valence-corrected chi connectivity index (χ1v) is 6.10. The molecular weight excluding hydrogens is 250 g/mol. The molecule has 1 aromatic heterocycles. The number of tetrazole rings is 1. The molecule has 1 atom stereocenters. The predicted molar refractivity (Wildman–Crippen MR) is 67.3 cm³/mol. The van der Waals surface area contributed by atoms with Gasteiger partial charge >= 0.3 is 6.09 Å². The molecule has 0 fully saturated rings. The molecule has 0 saturated heterocycles. The first-order chi connectivity index (χ1) is 8.80. The van der Waals surface area contributed by atoms with Gasteiger partial charge in [0.15, 0.2) is 5.82 Å². The molecule has 0 bridgehead atoms. The lowest BCUT2D eigenvalue weighted by Gasteiger charge is -2.21. The Labute approximate surface area is 112 Å². The predicted octanol–water partition coefficient (Wildman–Crippen LogP) is -0.114. The lowest BCUT2D eigenvalue weighted by Crippen LogP contribution is -2.36. The summed E-state index contributed by atoms with van der Waals surface area (Å²) in [6, 6.07) is 0. The molecule has 8 nitrogen and oxygen atoms in total. The van der Waals surface area contributed by atoms with Crippen molar-refractivity contribution in [1.29, 1.82) is 0 Å². The van der Waals surface area contributed by atoms with Crippen molar-refractivity contribution >= 4 is 6.09 Å². The number of amides is 1. The van der Waals surface area contributed by atoms with Crippen molar-refractivity contribution in [3.63, 3.8) is 0 Å². The maximum absolute atomic E-state index is 11.5. The van der Waals surface area contributed by atoms with Crippen molar-refractivity contribution in [2.45, 2.75) is 32.8 Å². The van der Waals surface area contributed by atoms with Crippen LogP contribution in [-0.4, -0.2) is 50.2 Å². The third kappa shape index (κ3) is 6.14. The second kappa shape index (κ2) is 6.46. The van der Waals surface area contributed by atoms with Crippen molar-refractivity contribution in [2.75, 3.05) is 13.2 Å². The summed E-state index contributed by atoms with van der Waals surface area (Å²) in [5, 5.41) is 23.4. The number of hydrogen-bond donors (Lipinski definition) is 2. The molecule has 19 heavy (non-hydrogen) atoms. The largest absolute Gasteiger partial charge is 0.444 e. The standard InChI is InChI=1S/C11H21N5O3/c1-11(2,3)19-10(18)12-6-8(7-17)5-9-13-15-16(4)14-9/h8,17H,5-7H2,1-4H3,(H,12,18). The van der Waals surface area contributed by atoms with Crippen LogP contribution in [0.15, 0.2) is 0 Å². The monoisotopic (exact) mass is 271 g/mol. The minimum absolute atomic E-state index is 0.0753. The van der Waals surface area contributed by atoms with Crippen LogP contribution in [0.5, 0.6) is 0 Å². The van der Waals surface area contributed by atoms with Crippen LogP contribution in [0.1, 0.15) is 26.6 Å². The Kier molecular flexibility index (Phi) is 5.22. The van der Waals surface area contributed by atoms with Gasteiger partial charge in [0.2, 0.25) is 0 Å². The van der Waals surface area contributed by atoms with Crippen molar-refractivity contribution in [3.05, 3.63) is 5.82 Å². The molecule has 0 saturated carbocycles.